The van der Waals surface area contributed by atoms with Crippen LogP contribution in [0.2, 0.25) is 0 Å². The highest BCUT2D eigenvalue weighted by Gasteiger charge is 2.16. The van der Waals surface area contributed by atoms with E-state index in [9.17, 15) is 0 Å². The Bertz CT molecular complexity index is 809. The number of rotatable bonds is 12. The van der Waals surface area contributed by atoms with Crippen LogP contribution in [0.5, 0.6) is 5.75 Å². The molecule has 0 atom stereocenters. The van der Waals surface area contributed by atoms with E-state index in [1.807, 2.05) is 44.3 Å². The molecule has 1 saturated carbocycles. The Labute approximate surface area is 199 Å². The zero-order chi connectivity index (χ0) is 23.5. The molecule has 0 aromatic carbocycles. The van der Waals surface area contributed by atoms with E-state index in [0.29, 0.717) is 6.10 Å². The van der Waals surface area contributed by atoms with Gasteiger partial charge in [-0.15, -0.1) is 0 Å². The molecule has 7 heteroatoms. The number of hydrogen-bond donors (Lipinski definition) is 2. The fraction of sp³-hybridized carbons (Fsp3) is 0.615. The molecule has 0 spiro atoms. The van der Waals surface area contributed by atoms with Gasteiger partial charge in [0, 0.05) is 38.5 Å². The fourth-order valence-electron chi connectivity index (χ4n) is 4.35. The van der Waals surface area contributed by atoms with Gasteiger partial charge in [0.05, 0.1) is 23.2 Å². The highest BCUT2D eigenvalue weighted by atomic mass is 16.5. The molecule has 1 saturated heterocycles. The van der Waals surface area contributed by atoms with Crippen LogP contribution in [0.15, 0.2) is 35.5 Å². The summed E-state index contributed by atoms with van der Waals surface area (Å²) in [5.74, 6) is 0.883. The van der Waals surface area contributed by atoms with Crippen molar-refractivity contribution in [2.75, 3.05) is 33.2 Å². The molecule has 7 nitrogen and oxygen atoms in total. The molecule has 1 aromatic rings. The number of likely N-dealkylation sites (tertiary alicyclic amines) is 1. The summed E-state index contributed by atoms with van der Waals surface area (Å²) in [6.45, 7) is 12.3. The summed E-state index contributed by atoms with van der Waals surface area (Å²) in [5, 5.41) is 2.01. The van der Waals surface area contributed by atoms with Gasteiger partial charge in [-0.3, -0.25) is 9.89 Å². The molecule has 1 aliphatic carbocycles. The van der Waals surface area contributed by atoms with E-state index in [4.69, 9.17) is 9.72 Å². The predicted octanol–water partition coefficient (Wildman–Crippen LogP) is 4.47. The molecule has 2 N–H and O–H groups in total. The molecule has 2 aliphatic rings. The highest BCUT2D eigenvalue weighted by Crippen LogP contribution is 2.25. The van der Waals surface area contributed by atoms with Crippen molar-refractivity contribution in [3.63, 3.8) is 0 Å². The number of nitrogens with zero attached hydrogens (tertiary/aromatic N) is 4. The maximum Gasteiger partial charge on any atom is 0.140 e. The first-order chi connectivity index (χ1) is 16.0. The Morgan fingerprint density at radius 1 is 1.24 bits per heavy atom. The Balaban J connectivity index is 1.43. The lowest BCUT2D eigenvalue weighted by atomic mass is 9.98. The molecule has 0 bridgehead atoms. The van der Waals surface area contributed by atoms with Crippen molar-refractivity contribution >= 4 is 11.9 Å². The van der Waals surface area contributed by atoms with E-state index < -0.39 is 0 Å². The molecule has 2 fully saturated rings. The number of aromatic nitrogens is 1. The molecular weight excluding hydrogens is 412 g/mol. The van der Waals surface area contributed by atoms with Crippen LogP contribution in [-0.4, -0.2) is 60.4 Å². The first-order valence-corrected chi connectivity index (χ1v) is 12.5. The van der Waals surface area contributed by atoms with E-state index in [1.54, 1.807) is 0 Å². The summed E-state index contributed by atoms with van der Waals surface area (Å²) in [5.41, 5.74) is 9.94. The topological polar surface area (TPSA) is 65.0 Å². The average molecular weight is 455 g/mol. The molecule has 1 aromatic heterocycles. The first kappa shape index (κ1) is 25.4. The second kappa shape index (κ2) is 13.5. The van der Waals surface area contributed by atoms with Gasteiger partial charge in [0.2, 0.25) is 0 Å². The number of pyridine rings is 1. The zero-order valence-electron chi connectivity index (χ0n) is 20.8. The van der Waals surface area contributed by atoms with Gasteiger partial charge >= 0.3 is 0 Å². The van der Waals surface area contributed by atoms with E-state index >= 15 is 0 Å². The third kappa shape index (κ3) is 8.57. The Hall–Kier alpha value is -2.22. The van der Waals surface area contributed by atoms with E-state index in [0.717, 1.165) is 60.9 Å². The van der Waals surface area contributed by atoms with Crippen LogP contribution < -0.4 is 15.7 Å². The van der Waals surface area contributed by atoms with Crippen molar-refractivity contribution in [1.29, 1.82) is 0 Å². The smallest absolute Gasteiger partial charge is 0.140 e. The van der Waals surface area contributed by atoms with Gasteiger partial charge in [-0.1, -0.05) is 13.0 Å². The van der Waals surface area contributed by atoms with Crippen molar-refractivity contribution < 1.29 is 4.74 Å². The van der Waals surface area contributed by atoms with Crippen LogP contribution in [-0.2, 0) is 0 Å². The molecule has 0 unspecified atom stereocenters. The molecule has 0 amide bonds. The second-order valence-corrected chi connectivity index (χ2v) is 9.14. The van der Waals surface area contributed by atoms with Gasteiger partial charge in [0.25, 0.3) is 0 Å². The van der Waals surface area contributed by atoms with E-state index in [1.165, 1.54) is 45.2 Å². The van der Waals surface area contributed by atoms with Crippen molar-refractivity contribution in [3.05, 3.63) is 41.9 Å². The van der Waals surface area contributed by atoms with Gasteiger partial charge in [-0.25, -0.2) is 9.99 Å². The molecule has 33 heavy (non-hydrogen) atoms. The minimum absolute atomic E-state index is 0.327. The van der Waals surface area contributed by atoms with Crippen LogP contribution in [0.3, 0.4) is 0 Å². The molecule has 0 radical (unpaired) electrons. The van der Waals surface area contributed by atoms with Gasteiger partial charge in [0.1, 0.15) is 5.75 Å². The van der Waals surface area contributed by atoms with Crippen molar-refractivity contribution in [2.45, 2.75) is 71.3 Å². The third-order valence-electron chi connectivity index (χ3n) is 6.37. The maximum absolute atomic E-state index is 6.19. The molecule has 182 valence electrons. The lowest BCUT2D eigenvalue weighted by Crippen LogP contribution is -2.44. The normalized spacial score (nSPS) is 18.4. The van der Waals surface area contributed by atoms with Crippen molar-refractivity contribution in [1.82, 2.24) is 25.9 Å². The SMILES string of the molecule is C=C(NNN(C)CCC(=C/CN1CCCC1)/N=C\C)c1ccc(OC2CCCCC2)c(C)n1. The van der Waals surface area contributed by atoms with Crippen molar-refractivity contribution in [3.8, 4) is 5.75 Å². The average Bonchev–Trinajstić information content (AvgIpc) is 3.35. The molecule has 2 heterocycles. The lowest BCUT2D eigenvalue weighted by molar-refractivity contribution is 0.153. The van der Waals surface area contributed by atoms with Gasteiger partial charge in [0.15, 0.2) is 0 Å². The zero-order valence-corrected chi connectivity index (χ0v) is 20.8. The Morgan fingerprint density at radius 2 is 2.00 bits per heavy atom. The van der Waals surface area contributed by atoms with E-state index in [2.05, 4.69) is 33.5 Å². The maximum atomic E-state index is 6.19. The van der Waals surface area contributed by atoms with Gasteiger partial charge < -0.3 is 10.2 Å². The van der Waals surface area contributed by atoms with Crippen LogP contribution in [0.25, 0.3) is 5.70 Å². The quantitative estimate of drug-likeness (QED) is 0.359. The highest BCUT2D eigenvalue weighted by molar-refractivity contribution is 5.58. The molecule has 3 rings (SSSR count). The van der Waals surface area contributed by atoms with Crippen LogP contribution >= 0.6 is 0 Å². The van der Waals surface area contributed by atoms with Crippen LogP contribution in [0.1, 0.15) is 69.7 Å². The molecular formula is C26H42N6O. The Morgan fingerprint density at radius 3 is 2.70 bits per heavy atom. The van der Waals surface area contributed by atoms with Crippen LogP contribution in [0.4, 0.5) is 0 Å². The second-order valence-electron chi connectivity index (χ2n) is 9.14. The number of aliphatic imine (C=N–C) groups is 1. The monoisotopic (exact) mass is 454 g/mol. The fourth-order valence-corrected chi connectivity index (χ4v) is 4.35. The minimum Gasteiger partial charge on any atom is -0.489 e. The van der Waals surface area contributed by atoms with Crippen molar-refractivity contribution in [2.24, 2.45) is 4.99 Å². The van der Waals surface area contributed by atoms with E-state index in [-0.39, 0.29) is 0 Å². The van der Waals surface area contributed by atoms with Gasteiger partial charge in [-0.2, -0.15) is 5.53 Å². The summed E-state index contributed by atoms with van der Waals surface area (Å²) in [7, 11) is 2.01. The number of aryl methyl sites for hydroxylation is 1. The Kier molecular flexibility index (Phi) is 10.4. The number of hydrazine groups is 2. The number of hydrogen-bond acceptors (Lipinski definition) is 7. The minimum atomic E-state index is 0.327. The predicted molar refractivity (Wildman–Crippen MR) is 137 cm³/mol. The largest absolute Gasteiger partial charge is 0.489 e. The summed E-state index contributed by atoms with van der Waals surface area (Å²) in [6.07, 6.45) is 14.1. The number of nitrogens with one attached hydrogen (secondary N) is 2. The standard InChI is InChI=1S/C26H42N6O/c1-5-27-23(16-20-32-17-9-10-18-32)15-19-31(4)30-29-21(2)25-13-14-26(22(3)28-25)33-24-11-7-6-8-12-24/h5,13-14,16,24,29-30H,2,6-12,15,17-20H2,1,3-4H3/b23-16-,27-5-. The van der Waals surface area contributed by atoms with Crippen LogP contribution in [0, 0.1) is 6.92 Å². The summed E-state index contributed by atoms with van der Waals surface area (Å²) in [6, 6.07) is 3.99. The third-order valence-corrected chi connectivity index (χ3v) is 6.37. The molecule has 1 aliphatic heterocycles. The summed E-state index contributed by atoms with van der Waals surface area (Å²) in [4.78, 5) is 11.7. The first-order valence-electron chi connectivity index (χ1n) is 12.5. The number of ether oxygens (including phenoxy) is 1. The summed E-state index contributed by atoms with van der Waals surface area (Å²) < 4.78 is 6.19. The summed E-state index contributed by atoms with van der Waals surface area (Å²) >= 11 is 0. The van der Waals surface area contributed by atoms with Gasteiger partial charge in [-0.05, 0) is 83.7 Å². The lowest BCUT2D eigenvalue weighted by Gasteiger charge is -2.24.